The lowest BCUT2D eigenvalue weighted by molar-refractivity contribution is -0.540. The lowest BCUT2D eigenvalue weighted by atomic mass is 9.80. The highest BCUT2D eigenvalue weighted by Crippen LogP contribution is 2.32. The summed E-state index contributed by atoms with van der Waals surface area (Å²) in [7, 11) is 3.82. The Kier molecular flexibility index (Phi) is 11.2. The third-order valence-corrected chi connectivity index (χ3v) is 5.04. The number of unbranched alkanes of at least 4 members (excludes halogenated alkanes) is 1. The SMILES string of the molecule is CCCC.CCNc1ccc(/C=C/CC(C)(C)c2ccccc2[NH2+]C)c(OC)c1. The van der Waals surface area contributed by atoms with Crippen LogP contribution in [0.4, 0.5) is 11.4 Å². The molecule has 0 fully saturated rings. The van der Waals surface area contributed by atoms with Crippen LogP contribution >= 0.6 is 0 Å². The van der Waals surface area contributed by atoms with Crippen LogP contribution in [-0.4, -0.2) is 20.7 Å². The molecule has 0 saturated heterocycles. The van der Waals surface area contributed by atoms with E-state index in [1.807, 2.05) is 0 Å². The van der Waals surface area contributed by atoms with Gasteiger partial charge in [0.15, 0.2) is 0 Å². The fourth-order valence-electron chi connectivity index (χ4n) is 3.12. The first-order valence-electron chi connectivity index (χ1n) is 10.9. The maximum atomic E-state index is 5.54. The van der Waals surface area contributed by atoms with E-state index in [2.05, 4.69) is 107 Å². The van der Waals surface area contributed by atoms with Gasteiger partial charge in [-0.1, -0.05) is 70.9 Å². The monoisotopic (exact) mass is 397 g/mol. The summed E-state index contributed by atoms with van der Waals surface area (Å²) in [4.78, 5) is 0. The molecule has 3 N–H and O–H groups in total. The van der Waals surface area contributed by atoms with Gasteiger partial charge in [0.05, 0.1) is 14.2 Å². The molecule has 0 aliphatic rings. The van der Waals surface area contributed by atoms with Gasteiger partial charge in [-0.2, -0.15) is 0 Å². The molecule has 0 heterocycles. The predicted octanol–water partition coefficient (Wildman–Crippen LogP) is 6.14. The Morgan fingerprint density at radius 3 is 2.31 bits per heavy atom. The summed E-state index contributed by atoms with van der Waals surface area (Å²) in [6.45, 7) is 11.9. The van der Waals surface area contributed by atoms with Crippen molar-refractivity contribution in [3.63, 3.8) is 0 Å². The zero-order chi connectivity index (χ0) is 21.7. The number of allylic oxidation sites excluding steroid dienone is 1. The van der Waals surface area contributed by atoms with Gasteiger partial charge in [0.25, 0.3) is 0 Å². The molecule has 0 amide bonds. The van der Waals surface area contributed by atoms with E-state index >= 15 is 0 Å². The molecule has 29 heavy (non-hydrogen) atoms. The molecule has 0 aromatic heterocycles. The molecule has 2 rings (SSSR count). The number of benzene rings is 2. The minimum absolute atomic E-state index is 0.0799. The normalized spacial score (nSPS) is 11.1. The number of quaternary nitrogens is 1. The van der Waals surface area contributed by atoms with Crippen LogP contribution in [0.1, 0.15) is 65.0 Å². The van der Waals surface area contributed by atoms with Crippen LogP contribution in [0.5, 0.6) is 5.75 Å². The Morgan fingerprint density at radius 1 is 1.03 bits per heavy atom. The van der Waals surface area contributed by atoms with Crippen LogP contribution in [0.25, 0.3) is 6.08 Å². The molecule has 3 heteroatoms. The van der Waals surface area contributed by atoms with Crippen LogP contribution < -0.4 is 15.4 Å². The van der Waals surface area contributed by atoms with E-state index in [4.69, 9.17) is 4.74 Å². The topological polar surface area (TPSA) is 37.9 Å². The van der Waals surface area contributed by atoms with E-state index in [0.717, 1.165) is 30.0 Å². The quantitative estimate of drug-likeness (QED) is 0.499. The fourth-order valence-corrected chi connectivity index (χ4v) is 3.12. The second kappa shape index (κ2) is 13.1. The lowest BCUT2D eigenvalue weighted by Crippen LogP contribution is -2.73. The molecule has 0 aliphatic heterocycles. The highest BCUT2D eigenvalue weighted by Gasteiger charge is 2.23. The van der Waals surface area contributed by atoms with Crippen molar-refractivity contribution in [2.24, 2.45) is 0 Å². The predicted molar refractivity (Wildman–Crippen MR) is 128 cm³/mol. The Labute approximate surface area is 178 Å². The van der Waals surface area contributed by atoms with E-state index in [9.17, 15) is 0 Å². The molecular formula is C26H41N2O+. The van der Waals surface area contributed by atoms with Crippen molar-refractivity contribution in [2.75, 3.05) is 26.0 Å². The molecule has 0 spiro atoms. The van der Waals surface area contributed by atoms with E-state index in [-0.39, 0.29) is 5.41 Å². The second-order valence-electron chi connectivity index (χ2n) is 7.85. The highest BCUT2D eigenvalue weighted by atomic mass is 16.5. The number of methoxy groups -OCH3 is 1. The smallest absolute Gasteiger partial charge is 0.133 e. The van der Waals surface area contributed by atoms with E-state index in [1.165, 1.54) is 24.1 Å². The van der Waals surface area contributed by atoms with Gasteiger partial charge < -0.3 is 15.4 Å². The van der Waals surface area contributed by atoms with E-state index in [1.54, 1.807) is 7.11 Å². The van der Waals surface area contributed by atoms with Crippen LogP contribution in [0.2, 0.25) is 0 Å². The Bertz CT molecular complexity index is 748. The maximum absolute atomic E-state index is 5.54. The van der Waals surface area contributed by atoms with Crippen molar-refractivity contribution in [2.45, 2.75) is 59.3 Å². The molecule has 0 saturated carbocycles. The minimum atomic E-state index is 0.0799. The van der Waals surface area contributed by atoms with E-state index < -0.39 is 0 Å². The first-order chi connectivity index (χ1) is 13.9. The van der Waals surface area contributed by atoms with Crippen LogP contribution in [0.15, 0.2) is 48.5 Å². The standard InChI is InChI=1S/C22H30N2O.C4H10/c1-6-24-18-14-13-17(21(16-18)25-5)10-9-15-22(2,3)19-11-7-8-12-20(19)23-4;1-3-4-2/h7-14,16,23-24H,6,15H2,1-5H3;3-4H2,1-2H3/p+1/b10-9+;. The number of para-hydroxylation sites is 1. The van der Waals surface area contributed by atoms with Gasteiger partial charge in [-0.3, -0.25) is 0 Å². The summed E-state index contributed by atoms with van der Waals surface area (Å²) < 4.78 is 5.54. The molecule has 0 radical (unpaired) electrons. The zero-order valence-corrected chi connectivity index (χ0v) is 19.5. The average Bonchev–Trinajstić information content (AvgIpc) is 2.74. The first kappa shape index (κ1) is 24.8. The summed E-state index contributed by atoms with van der Waals surface area (Å²) in [5, 5.41) is 5.50. The van der Waals surface area contributed by atoms with Gasteiger partial charge >= 0.3 is 0 Å². The lowest BCUT2D eigenvalue weighted by Gasteiger charge is -2.24. The van der Waals surface area contributed by atoms with Gasteiger partial charge in [-0.05, 0) is 37.0 Å². The van der Waals surface area contributed by atoms with Crippen LogP contribution in [0, 0.1) is 0 Å². The first-order valence-corrected chi connectivity index (χ1v) is 10.9. The highest BCUT2D eigenvalue weighted by molar-refractivity contribution is 5.63. The number of nitrogens with two attached hydrogens (primary N) is 1. The second-order valence-corrected chi connectivity index (χ2v) is 7.85. The Morgan fingerprint density at radius 2 is 1.72 bits per heavy atom. The van der Waals surface area contributed by atoms with Crippen molar-refractivity contribution in [1.29, 1.82) is 0 Å². The average molecular weight is 398 g/mol. The number of hydrogen-bond donors (Lipinski definition) is 2. The Hall–Kier alpha value is -2.26. The Balaban J connectivity index is 0.000000960. The van der Waals surface area contributed by atoms with Gasteiger partial charge in [-0.25, -0.2) is 0 Å². The molecule has 3 nitrogen and oxygen atoms in total. The largest absolute Gasteiger partial charge is 0.496 e. The summed E-state index contributed by atoms with van der Waals surface area (Å²) in [6.07, 6.45) is 8.02. The molecule has 0 aliphatic carbocycles. The van der Waals surface area contributed by atoms with Crippen molar-refractivity contribution >= 4 is 17.5 Å². The third-order valence-electron chi connectivity index (χ3n) is 5.04. The molecular weight excluding hydrogens is 356 g/mol. The number of ether oxygens (including phenoxy) is 1. The molecule has 2 aromatic rings. The summed E-state index contributed by atoms with van der Waals surface area (Å²) in [5.41, 5.74) is 4.97. The molecule has 0 atom stereocenters. The molecule has 0 unspecified atom stereocenters. The summed E-state index contributed by atoms with van der Waals surface area (Å²) in [5.74, 6) is 0.898. The van der Waals surface area contributed by atoms with Crippen molar-refractivity contribution in [3.8, 4) is 5.75 Å². The van der Waals surface area contributed by atoms with Crippen molar-refractivity contribution in [1.82, 2.24) is 0 Å². The van der Waals surface area contributed by atoms with Gasteiger partial charge in [0.1, 0.15) is 11.4 Å². The van der Waals surface area contributed by atoms with E-state index in [0.29, 0.717) is 0 Å². The fraction of sp³-hybridized carbons (Fsp3) is 0.462. The number of rotatable bonds is 9. The van der Waals surface area contributed by atoms with Crippen LogP contribution in [-0.2, 0) is 5.41 Å². The maximum Gasteiger partial charge on any atom is 0.133 e. The van der Waals surface area contributed by atoms with Gasteiger partial charge in [0, 0.05) is 29.4 Å². The molecule has 160 valence electrons. The zero-order valence-electron chi connectivity index (χ0n) is 19.5. The van der Waals surface area contributed by atoms with Crippen LogP contribution in [0.3, 0.4) is 0 Å². The number of anilines is 1. The van der Waals surface area contributed by atoms with Crippen molar-refractivity contribution in [3.05, 3.63) is 59.7 Å². The number of nitrogens with one attached hydrogen (secondary N) is 1. The third kappa shape index (κ3) is 7.94. The summed E-state index contributed by atoms with van der Waals surface area (Å²) in [6, 6.07) is 14.9. The summed E-state index contributed by atoms with van der Waals surface area (Å²) >= 11 is 0. The van der Waals surface area contributed by atoms with Gasteiger partial charge in [0.2, 0.25) is 0 Å². The minimum Gasteiger partial charge on any atom is -0.496 e. The molecule has 2 aromatic carbocycles. The van der Waals surface area contributed by atoms with Gasteiger partial charge in [-0.15, -0.1) is 0 Å². The number of hydrogen-bond acceptors (Lipinski definition) is 2. The van der Waals surface area contributed by atoms with Crippen molar-refractivity contribution < 1.29 is 10.1 Å². The molecule has 0 bridgehead atoms.